The van der Waals surface area contributed by atoms with E-state index < -0.39 is 11.6 Å². The summed E-state index contributed by atoms with van der Waals surface area (Å²) in [5, 5.41) is 3.33. The van der Waals surface area contributed by atoms with E-state index >= 15 is 0 Å². The molecule has 0 radical (unpaired) electrons. The van der Waals surface area contributed by atoms with Crippen molar-refractivity contribution in [2.45, 2.75) is 25.3 Å². The molecule has 21 heavy (non-hydrogen) atoms. The molecule has 2 nitrogen and oxygen atoms in total. The summed E-state index contributed by atoms with van der Waals surface area (Å²) in [6.45, 7) is 3.83. The van der Waals surface area contributed by atoms with Gasteiger partial charge in [-0.2, -0.15) is 0 Å². The van der Waals surface area contributed by atoms with Crippen molar-refractivity contribution in [3.8, 4) is 0 Å². The molecule has 1 atom stereocenters. The van der Waals surface area contributed by atoms with Crippen molar-refractivity contribution in [2.75, 3.05) is 26.2 Å². The monoisotopic (exact) mass is 338 g/mol. The SMILES string of the molecule is Cl.Cl.Fc1cc(F)cc([C@@H](C2CCC2)N2CCNCC2)c1. The maximum absolute atomic E-state index is 13.5. The van der Waals surface area contributed by atoms with Crippen LogP contribution in [0.25, 0.3) is 0 Å². The zero-order valence-corrected chi connectivity index (χ0v) is 13.5. The van der Waals surface area contributed by atoms with E-state index in [4.69, 9.17) is 0 Å². The van der Waals surface area contributed by atoms with Crippen LogP contribution in [0.5, 0.6) is 0 Å². The van der Waals surface area contributed by atoms with Crippen LogP contribution < -0.4 is 5.32 Å². The Morgan fingerprint density at radius 2 is 1.57 bits per heavy atom. The number of nitrogens with zero attached hydrogens (tertiary/aromatic N) is 1. The number of rotatable bonds is 3. The van der Waals surface area contributed by atoms with Crippen molar-refractivity contribution in [1.29, 1.82) is 0 Å². The van der Waals surface area contributed by atoms with Gasteiger partial charge in [0.15, 0.2) is 0 Å². The van der Waals surface area contributed by atoms with Crippen molar-refractivity contribution in [1.82, 2.24) is 10.2 Å². The number of hydrogen-bond donors (Lipinski definition) is 1. The van der Waals surface area contributed by atoms with Crippen molar-refractivity contribution < 1.29 is 8.78 Å². The molecule has 0 spiro atoms. The number of halogens is 4. The third kappa shape index (κ3) is 4.28. The molecular weight excluding hydrogens is 317 g/mol. The first-order chi connectivity index (χ1) is 9.24. The van der Waals surface area contributed by atoms with E-state index in [-0.39, 0.29) is 30.9 Å². The Labute approximate surface area is 137 Å². The molecule has 1 saturated heterocycles. The van der Waals surface area contributed by atoms with Gasteiger partial charge in [0.05, 0.1) is 0 Å². The first kappa shape index (κ1) is 18.6. The lowest BCUT2D eigenvalue weighted by Crippen LogP contribution is -2.47. The van der Waals surface area contributed by atoms with Gasteiger partial charge in [-0.15, -0.1) is 24.8 Å². The fraction of sp³-hybridized carbons (Fsp3) is 0.600. The van der Waals surface area contributed by atoms with Gasteiger partial charge in [-0.3, -0.25) is 4.90 Å². The second-order valence-electron chi connectivity index (χ2n) is 5.62. The molecule has 1 saturated carbocycles. The summed E-state index contributed by atoms with van der Waals surface area (Å²) in [5.74, 6) is -0.372. The fourth-order valence-electron chi connectivity index (χ4n) is 3.24. The van der Waals surface area contributed by atoms with E-state index in [1.54, 1.807) is 0 Å². The van der Waals surface area contributed by atoms with Gasteiger partial charge in [0, 0.05) is 38.3 Å². The highest BCUT2D eigenvalue weighted by Crippen LogP contribution is 2.41. The molecule has 0 amide bonds. The van der Waals surface area contributed by atoms with Crippen LogP contribution >= 0.6 is 24.8 Å². The molecule has 1 aromatic rings. The second kappa shape index (κ2) is 8.28. The molecule has 1 aliphatic heterocycles. The smallest absolute Gasteiger partial charge is 0.126 e. The zero-order valence-electron chi connectivity index (χ0n) is 11.9. The minimum absolute atomic E-state index is 0. The van der Waals surface area contributed by atoms with E-state index in [1.165, 1.54) is 31.4 Å². The van der Waals surface area contributed by atoms with Gasteiger partial charge in [-0.1, -0.05) is 6.42 Å². The number of benzene rings is 1. The average Bonchev–Trinajstić information content (AvgIpc) is 2.33. The van der Waals surface area contributed by atoms with E-state index in [1.807, 2.05) is 0 Å². The molecule has 2 aliphatic rings. The minimum Gasteiger partial charge on any atom is -0.314 e. The quantitative estimate of drug-likeness (QED) is 0.906. The molecule has 2 fully saturated rings. The third-order valence-corrected chi connectivity index (χ3v) is 4.37. The molecular formula is C15H22Cl2F2N2. The minimum atomic E-state index is -0.463. The van der Waals surface area contributed by atoms with Crippen LogP contribution in [0, 0.1) is 17.6 Å². The van der Waals surface area contributed by atoms with E-state index in [0.29, 0.717) is 5.92 Å². The molecule has 6 heteroatoms. The van der Waals surface area contributed by atoms with Crippen LogP contribution in [0.2, 0.25) is 0 Å². The summed E-state index contributed by atoms with van der Waals surface area (Å²) in [6.07, 6.45) is 3.59. The summed E-state index contributed by atoms with van der Waals surface area (Å²) in [6, 6.07) is 4.16. The van der Waals surface area contributed by atoms with Gasteiger partial charge in [0.25, 0.3) is 0 Å². The third-order valence-electron chi connectivity index (χ3n) is 4.37. The first-order valence-electron chi connectivity index (χ1n) is 7.15. The highest BCUT2D eigenvalue weighted by Gasteiger charge is 2.33. The highest BCUT2D eigenvalue weighted by molar-refractivity contribution is 5.85. The highest BCUT2D eigenvalue weighted by atomic mass is 35.5. The van der Waals surface area contributed by atoms with Crippen LogP contribution in [-0.2, 0) is 0 Å². The average molecular weight is 339 g/mol. The molecule has 1 aliphatic carbocycles. The van der Waals surface area contributed by atoms with Crippen LogP contribution in [-0.4, -0.2) is 31.1 Å². The largest absolute Gasteiger partial charge is 0.314 e. The van der Waals surface area contributed by atoms with Crippen LogP contribution in [0.4, 0.5) is 8.78 Å². The Morgan fingerprint density at radius 3 is 2.05 bits per heavy atom. The van der Waals surface area contributed by atoms with Crippen LogP contribution in [0.15, 0.2) is 18.2 Å². The van der Waals surface area contributed by atoms with Gasteiger partial charge in [-0.05, 0) is 36.5 Å². The Kier molecular flexibility index (Phi) is 7.34. The fourth-order valence-corrected chi connectivity index (χ4v) is 3.24. The molecule has 0 aromatic heterocycles. The first-order valence-corrected chi connectivity index (χ1v) is 7.15. The van der Waals surface area contributed by atoms with E-state index in [9.17, 15) is 8.78 Å². The topological polar surface area (TPSA) is 15.3 Å². The molecule has 1 aromatic carbocycles. The summed E-state index contributed by atoms with van der Waals surface area (Å²) < 4.78 is 26.9. The lowest BCUT2D eigenvalue weighted by molar-refractivity contribution is 0.0833. The normalized spacial score (nSPS) is 20.9. The lowest BCUT2D eigenvalue weighted by atomic mass is 9.76. The van der Waals surface area contributed by atoms with E-state index in [2.05, 4.69) is 10.2 Å². The number of nitrogens with one attached hydrogen (secondary N) is 1. The summed E-state index contributed by atoms with van der Waals surface area (Å²) in [7, 11) is 0. The summed E-state index contributed by atoms with van der Waals surface area (Å²) in [4.78, 5) is 2.38. The van der Waals surface area contributed by atoms with Gasteiger partial charge < -0.3 is 5.32 Å². The molecule has 3 rings (SSSR count). The Hall–Kier alpha value is -0.420. The standard InChI is InChI=1S/C15H20F2N2.2ClH/c16-13-8-12(9-14(17)10-13)15(11-2-1-3-11)19-6-4-18-5-7-19;;/h8-11,15,18H,1-7H2;2*1H/t15-;;/m1../s1. The Morgan fingerprint density at radius 1 is 1.00 bits per heavy atom. The molecule has 0 bridgehead atoms. The predicted molar refractivity (Wildman–Crippen MR) is 85.4 cm³/mol. The maximum Gasteiger partial charge on any atom is 0.126 e. The van der Waals surface area contributed by atoms with Crippen molar-refractivity contribution in [3.63, 3.8) is 0 Å². The Balaban J connectivity index is 0.00000110. The zero-order chi connectivity index (χ0) is 13.2. The molecule has 120 valence electrons. The number of piperazine rings is 1. The number of hydrogen-bond acceptors (Lipinski definition) is 2. The molecule has 1 heterocycles. The Bertz CT molecular complexity index is 429. The van der Waals surface area contributed by atoms with Crippen molar-refractivity contribution in [3.05, 3.63) is 35.4 Å². The summed E-state index contributed by atoms with van der Waals surface area (Å²) in [5.41, 5.74) is 0.809. The van der Waals surface area contributed by atoms with Gasteiger partial charge in [-0.25, -0.2) is 8.78 Å². The van der Waals surface area contributed by atoms with E-state index in [0.717, 1.165) is 37.8 Å². The van der Waals surface area contributed by atoms with Crippen molar-refractivity contribution in [2.24, 2.45) is 5.92 Å². The van der Waals surface area contributed by atoms with Gasteiger partial charge in [0.1, 0.15) is 11.6 Å². The van der Waals surface area contributed by atoms with Crippen LogP contribution in [0.1, 0.15) is 30.9 Å². The predicted octanol–water partition coefficient (Wildman–Crippen LogP) is 3.55. The van der Waals surface area contributed by atoms with Gasteiger partial charge in [0.2, 0.25) is 0 Å². The summed E-state index contributed by atoms with van der Waals surface area (Å²) >= 11 is 0. The lowest BCUT2D eigenvalue weighted by Gasteiger charge is -2.43. The second-order valence-corrected chi connectivity index (χ2v) is 5.62. The molecule has 1 N–H and O–H groups in total. The van der Waals surface area contributed by atoms with Gasteiger partial charge >= 0.3 is 0 Å². The van der Waals surface area contributed by atoms with Crippen LogP contribution in [0.3, 0.4) is 0 Å². The molecule has 0 unspecified atom stereocenters. The van der Waals surface area contributed by atoms with Crippen molar-refractivity contribution >= 4 is 24.8 Å². The maximum atomic E-state index is 13.5.